The largest absolute Gasteiger partial charge is 0.486 e. The standard InChI is InChI=1S/C15H19ClN2O4/c16-10-6-9(7-13-14(10)22-5-4-21-13)12(19)8-18-15(20)11-2-1-3-17-11/h6-7,11-12,17,19H,1-5,8H2,(H,18,20). The zero-order chi connectivity index (χ0) is 15.5. The quantitative estimate of drug-likeness (QED) is 0.769. The number of fused-ring (bicyclic) bond motifs is 1. The monoisotopic (exact) mass is 326 g/mol. The summed E-state index contributed by atoms with van der Waals surface area (Å²) < 4.78 is 10.9. The zero-order valence-electron chi connectivity index (χ0n) is 12.1. The van der Waals surface area contributed by atoms with Crippen molar-refractivity contribution >= 4 is 17.5 Å². The van der Waals surface area contributed by atoms with Crippen LogP contribution in [-0.2, 0) is 4.79 Å². The van der Waals surface area contributed by atoms with Crippen LogP contribution in [0.3, 0.4) is 0 Å². The smallest absolute Gasteiger partial charge is 0.237 e. The van der Waals surface area contributed by atoms with Gasteiger partial charge in [-0.2, -0.15) is 0 Å². The second-order valence-corrected chi connectivity index (χ2v) is 5.84. The molecule has 0 spiro atoms. The normalized spacial score (nSPS) is 21.5. The number of amides is 1. The summed E-state index contributed by atoms with van der Waals surface area (Å²) in [4.78, 5) is 11.9. The van der Waals surface area contributed by atoms with Gasteiger partial charge >= 0.3 is 0 Å². The maximum atomic E-state index is 11.9. The molecule has 1 saturated heterocycles. The number of ether oxygens (including phenoxy) is 2. The van der Waals surface area contributed by atoms with E-state index >= 15 is 0 Å². The molecular formula is C15H19ClN2O4. The van der Waals surface area contributed by atoms with Crippen molar-refractivity contribution in [2.24, 2.45) is 0 Å². The lowest BCUT2D eigenvalue weighted by Crippen LogP contribution is -2.41. The first-order chi connectivity index (χ1) is 10.6. The van der Waals surface area contributed by atoms with Crippen molar-refractivity contribution < 1.29 is 19.4 Å². The van der Waals surface area contributed by atoms with Crippen LogP contribution in [0.2, 0.25) is 5.02 Å². The molecule has 0 aliphatic carbocycles. The van der Waals surface area contributed by atoms with Gasteiger partial charge in [-0.15, -0.1) is 0 Å². The minimum atomic E-state index is -0.848. The van der Waals surface area contributed by atoms with E-state index in [2.05, 4.69) is 10.6 Å². The number of nitrogens with one attached hydrogen (secondary N) is 2. The summed E-state index contributed by atoms with van der Waals surface area (Å²) in [6, 6.07) is 3.18. The van der Waals surface area contributed by atoms with E-state index in [-0.39, 0.29) is 18.5 Å². The van der Waals surface area contributed by atoms with Crippen molar-refractivity contribution in [3.05, 3.63) is 22.7 Å². The number of carbonyl (C=O) groups excluding carboxylic acids is 1. The Balaban J connectivity index is 1.63. The first kappa shape index (κ1) is 15.4. The number of aliphatic hydroxyl groups excluding tert-OH is 1. The Bertz CT molecular complexity index is 561. The number of benzene rings is 1. The van der Waals surface area contributed by atoms with Crippen LogP contribution in [0, 0.1) is 0 Å². The van der Waals surface area contributed by atoms with E-state index in [1.807, 2.05) is 0 Å². The number of rotatable bonds is 4. The molecule has 0 bridgehead atoms. The Morgan fingerprint density at radius 1 is 1.45 bits per heavy atom. The van der Waals surface area contributed by atoms with E-state index in [1.165, 1.54) is 0 Å². The van der Waals surface area contributed by atoms with Crippen molar-refractivity contribution in [3.8, 4) is 11.5 Å². The Labute approximate surface area is 133 Å². The molecule has 0 radical (unpaired) electrons. The molecule has 0 aromatic heterocycles. The molecular weight excluding hydrogens is 308 g/mol. The van der Waals surface area contributed by atoms with Gasteiger partial charge in [-0.05, 0) is 37.1 Å². The molecule has 2 aliphatic rings. The number of halogens is 1. The summed E-state index contributed by atoms with van der Waals surface area (Å²) in [5, 5.41) is 16.5. The van der Waals surface area contributed by atoms with E-state index in [4.69, 9.17) is 21.1 Å². The van der Waals surface area contributed by atoms with Gasteiger partial charge in [0.1, 0.15) is 13.2 Å². The summed E-state index contributed by atoms with van der Waals surface area (Å²) in [7, 11) is 0. The second kappa shape index (κ2) is 6.73. The summed E-state index contributed by atoms with van der Waals surface area (Å²) in [5.41, 5.74) is 0.592. The molecule has 1 fully saturated rings. The first-order valence-electron chi connectivity index (χ1n) is 7.43. The lowest BCUT2D eigenvalue weighted by atomic mass is 10.1. The Kier molecular flexibility index (Phi) is 4.71. The highest BCUT2D eigenvalue weighted by Gasteiger charge is 2.23. The molecule has 22 heavy (non-hydrogen) atoms. The predicted octanol–water partition coefficient (Wildman–Crippen LogP) is 1.01. The van der Waals surface area contributed by atoms with Crippen LogP contribution < -0.4 is 20.1 Å². The maximum Gasteiger partial charge on any atom is 0.237 e. The number of carbonyl (C=O) groups is 1. The molecule has 2 atom stereocenters. The topological polar surface area (TPSA) is 79.8 Å². The molecule has 2 unspecified atom stereocenters. The minimum absolute atomic E-state index is 0.0832. The Morgan fingerprint density at radius 3 is 3.05 bits per heavy atom. The number of aliphatic hydroxyl groups is 1. The summed E-state index contributed by atoms with van der Waals surface area (Å²) in [5.74, 6) is 0.944. The second-order valence-electron chi connectivity index (χ2n) is 5.44. The third kappa shape index (κ3) is 3.29. The van der Waals surface area contributed by atoms with Crippen molar-refractivity contribution in [2.75, 3.05) is 26.3 Å². The molecule has 3 rings (SSSR count). The highest BCUT2D eigenvalue weighted by molar-refractivity contribution is 6.32. The fraction of sp³-hybridized carbons (Fsp3) is 0.533. The van der Waals surface area contributed by atoms with Gasteiger partial charge in [0.25, 0.3) is 0 Å². The van der Waals surface area contributed by atoms with Crippen LogP contribution in [0.15, 0.2) is 12.1 Å². The van der Waals surface area contributed by atoms with Crippen LogP contribution >= 0.6 is 11.6 Å². The van der Waals surface area contributed by atoms with Gasteiger partial charge in [0, 0.05) is 6.54 Å². The molecule has 1 amide bonds. The van der Waals surface area contributed by atoms with Crippen LogP contribution in [0.5, 0.6) is 11.5 Å². The summed E-state index contributed by atoms with van der Waals surface area (Å²) >= 11 is 6.14. The molecule has 1 aromatic carbocycles. The van der Waals surface area contributed by atoms with E-state index in [1.54, 1.807) is 12.1 Å². The fourth-order valence-corrected chi connectivity index (χ4v) is 2.94. The van der Waals surface area contributed by atoms with Gasteiger partial charge in [0.15, 0.2) is 11.5 Å². The average Bonchev–Trinajstić information content (AvgIpc) is 3.06. The van der Waals surface area contributed by atoms with Crippen LogP contribution in [0.4, 0.5) is 0 Å². The van der Waals surface area contributed by atoms with Gasteiger partial charge in [-0.25, -0.2) is 0 Å². The molecule has 1 aromatic rings. The van der Waals surface area contributed by atoms with E-state index in [0.717, 1.165) is 19.4 Å². The van der Waals surface area contributed by atoms with E-state index in [0.29, 0.717) is 35.3 Å². The lowest BCUT2D eigenvalue weighted by molar-refractivity contribution is -0.123. The van der Waals surface area contributed by atoms with Crippen molar-refractivity contribution in [1.82, 2.24) is 10.6 Å². The van der Waals surface area contributed by atoms with Gasteiger partial charge < -0.3 is 25.2 Å². The maximum absolute atomic E-state index is 11.9. The highest BCUT2D eigenvalue weighted by Crippen LogP contribution is 2.39. The molecule has 3 N–H and O–H groups in total. The van der Waals surface area contributed by atoms with Crippen LogP contribution in [0.25, 0.3) is 0 Å². The van der Waals surface area contributed by atoms with Gasteiger partial charge in [0.05, 0.1) is 17.2 Å². The third-order valence-corrected chi connectivity index (χ3v) is 4.13. The summed E-state index contributed by atoms with van der Waals surface area (Å²) in [6.07, 6.45) is 0.981. The van der Waals surface area contributed by atoms with Gasteiger partial charge in [-0.3, -0.25) is 4.79 Å². The molecule has 2 aliphatic heterocycles. The summed E-state index contributed by atoms with van der Waals surface area (Å²) in [6.45, 7) is 1.90. The molecule has 6 nitrogen and oxygen atoms in total. The van der Waals surface area contributed by atoms with Gasteiger partial charge in [-0.1, -0.05) is 11.6 Å². The molecule has 0 saturated carbocycles. The number of hydrogen-bond donors (Lipinski definition) is 3. The number of hydrogen-bond acceptors (Lipinski definition) is 5. The molecule has 7 heteroatoms. The lowest BCUT2D eigenvalue weighted by Gasteiger charge is -2.22. The zero-order valence-corrected chi connectivity index (χ0v) is 12.9. The molecule has 120 valence electrons. The molecule has 2 heterocycles. The van der Waals surface area contributed by atoms with Crippen molar-refractivity contribution in [2.45, 2.75) is 25.0 Å². The Hall–Kier alpha value is -1.50. The van der Waals surface area contributed by atoms with Crippen LogP contribution in [-0.4, -0.2) is 43.4 Å². The highest BCUT2D eigenvalue weighted by atomic mass is 35.5. The minimum Gasteiger partial charge on any atom is -0.486 e. The predicted molar refractivity (Wildman–Crippen MR) is 81.4 cm³/mol. The SMILES string of the molecule is O=C(NCC(O)c1cc(Cl)c2c(c1)OCCO2)C1CCCN1. The van der Waals surface area contributed by atoms with Crippen molar-refractivity contribution in [3.63, 3.8) is 0 Å². The first-order valence-corrected chi connectivity index (χ1v) is 7.81. The third-order valence-electron chi connectivity index (χ3n) is 3.85. The van der Waals surface area contributed by atoms with E-state index < -0.39 is 6.10 Å². The fourth-order valence-electron chi connectivity index (χ4n) is 2.67. The van der Waals surface area contributed by atoms with Gasteiger partial charge in [0.2, 0.25) is 5.91 Å². The van der Waals surface area contributed by atoms with E-state index in [9.17, 15) is 9.90 Å². The van der Waals surface area contributed by atoms with Crippen molar-refractivity contribution in [1.29, 1.82) is 0 Å². The Morgan fingerprint density at radius 2 is 2.27 bits per heavy atom. The average molecular weight is 327 g/mol. The van der Waals surface area contributed by atoms with Crippen LogP contribution in [0.1, 0.15) is 24.5 Å².